The number of fused-ring (bicyclic) bond motifs is 3. The molecule has 1 aromatic carbocycles. The molecular formula is C18H21NO3. The lowest BCUT2D eigenvalue weighted by atomic mass is 9.78. The first kappa shape index (κ1) is 13.8. The second kappa shape index (κ2) is 4.83. The molecule has 1 aromatic rings. The van der Waals surface area contributed by atoms with Crippen LogP contribution in [0.3, 0.4) is 0 Å². The molecule has 0 aromatic heterocycles. The first-order valence-electron chi connectivity index (χ1n) is 8.21. The highest BCUT2D eigenvalue weighted by atomic mass is 16.4. The zero-order valence-corrected chi connectivity index (χ0v) is 12.7. The summed E-state index contributed by atoms with van der Waals surface area (Å²) in [5.41, 5.74) is 2.17. The molecule has 22 heavy (non-hydrogen) atoms. The number of carbonyl (C=O) groups is 2. The van der Waals surface area contributed by atoms with E-state index in [0.717, 1.165) is 31.4 Å². The van der Waals surface area contributed by atoms with Crippen LogP contribution in [0, 0.1) is 23.7 Å². The molecule has 1 aliphatic heterocycles. The van der Waals surface area contributed by atoms with Crippen LogP contribution >= 0.6 is 0 Å². The predicted molar refractivity (Wildman–Crippen MR) is 82.5 cm³/mol. The minimum Gasteiger partial charge on any atom is -0.481 e. The molecule has 1 amide bonds. The number of carbonyl (C=O) groups excluding carboxylic acids is 1. The molecule has 2 fully saturated rings. The lowest BCUT2D eigenvalue weighted by molar-refractivity contribution is -0.149. The van der Waals surface area contributed by atoms with Gasteiger partial charge in [0.1, 0.15) is 0 Å². The van der Waals surface area contributed by atoms with Crippen molar-refractivity contribution in [3.8, 4) is 0 Å². The van der Waals surface area contributed by atoms with Gasteiger partial charge in [-0.1, -0.05) is 18.2 Å². The predicted octanol–water partition coefficient (Wildman–Crippen LogP) is 2.71. The van der Waals surface area contributed by atoms with Gasteiger partial charge in [-0.25, -0.2) is 0 Å². The lowest BCUT2D eigenvalue weighted by Crippen LogP contribution is -2.46. The summed E-state index contributed by atoms with van der Waals surface area (Å²) < 4.78 is 0. The van der Waals surface area contributed by atoms with E-state index in [4.69, 9.17) is 0 Å². The first-order valence-corrected chi connectivity index (χ1v) is 8.21. The Kier molecular flexibility index (Phi) is 3.03. The molecule has 3 aliphatic rings. The normalized spacial score (nSPS) is 35.7. The summed E-state index contributed by atoms with van der Waals surface area (Å²) >= 11 is 0. The molecule has 116 valence electrons. The van der Waals surface area contributed by atoms with Gasteiger partial charge in [0.15, 0.2) is 0 Å². The molecule has 4 rings (SSSR count). The van der Waals surface area contributed by atoms with Crippen molar-refractivity contribution < 1.29 is 14.7 Å². The number of benzene rings is 1. The molecule has 0 unspecified atom stereocenters. The van der Waals surface area contributed by atoms with E-state index >= 15 is 0 Å². The Morgan fingerprint density at radius 2 is 1.82 bits per heavy atom. The Bertz CT molecular complexity index is 641. The number of carboxylic acid groups (broad SMARTS) is 1. The van der Waals surface area contributed by atoms with Crippen molar-refractivity contribution in [2.45, 2.75) is 38.6 Å². The van der Waals surface area contributed by atoms with Crippen molar-refractivity contribution in [1.82, 2.24) is 0 Å². The third-order valence-electron chi connectivity index (χ3n) is 5.93. The van der Waals surface area contributed by atoms with E-state index in [1.54, 1.807) is 0 Å². The van der Waals surface area contributed by atoms with Gasteiger partial charge in [0.2, 0.25) is 5.91 Å². The number of aliphatic carboxylic acids is 1. The van der Waals surface area contributed by atoms with Gasteiger partial charge in [-0.3, -0.25) is 9.59 Å². The number of hydrogen-bond donors (Lipinski definition) is 1. The van der Waals surface area contributed by atoms with E-state index in [2.05, 4.69) is 13.0 Å². The zero-order valence-electron chi connectivity index (χ0n) is 12.7. The van der Waals surface area contributed by atoms with Gasteiger partial charge in [-0.2, -0.15) is 0 Å². The van der Waals surface area contributed by atoms with Crippen LogP contribution in [0.25, 0.3) is 0 Å². The third-order valence-corrected chi connectivity index (χ3v) is 5.93. The summed E-state index contributed by atoms with van der Waals surface area (Å²) in [5.74, 6) is -1.10. The summed E-state index contributed by atoms with van der Waals surface area (Å²) in [7, 11) is 0. The van der Waals surface area contributed by atoms with Gasteiger partial charge >= 0.3 is 5.97 Å². The molecule has 1 N–H and O–H groups in total. The molecule has 2 bridgehead atoms. The van der Waals surface area contributed by atoms with Crippen LogP contribution < -0.4 is 4.90 Å². The number of carboxylic acids is 1. The van der Waals surface area contributed by atoms with Crippen molar-refractivity contribution in [3.05, 3.63) is 29.8 Å². The number of hydrogen-bond acceptors (Lipinski definition) is 2. The maximum atomic E-state index is 13.2. The standard InChI is InChI=1S/C18H21NO3/c1-10-8-11-4-2-3-5-14(11)19(10)17(20)15-12-6-7-13(9-12)16(15)18(21)22/h2-5,10,12-13,15-16H,6-9H2,1H3,(H,21,22)/t10-,12+,13-,15-,16-/m0/s1. The minimum absolute atomic E-state index is 0.0389. The maximum Gasteiger partial charge on any atom is 0.307 e. The summed E-state index contributed by atoms with van der Waals surface area (Å²) in [5, 5.41) is 9.59. The summed E-state index contributed by atoms with van der Waals surface area (Å²) in [6.07, 6.45) is 3.75. The average molecular weight is 299 g/mol. The number of amides is 1. The average Bonchev–Trinajstić information content (AvgIpc) is 3.17. The third kappa shape index (κ3) is 1.82. The van der Waals surface area contributed by atoms with E-state index in [9.17, 15) is 14.7 Å². The largest absolute Gasteiger partial charge is 0.481 e. The van der Waals surface area contributed by atoms with E-state index in [1.165, 1.54) is 5.56 Å². The van der Waals surface area contributed by atoms with Crippen molar-refractivity contribution in [1.29, 1.82) is 0 Å². The Morgan fingerprint density at radius 1 is 1.14 bits per heavy atom. The maximum absolute atomic E-state index is 13.2. The Morgan fingerprint density at radius 3 is 2.55 bits per heavy atom. The smallest absolute Gasteiger partial charge is 0.307 e. The molecule has 0 spiro atoms. The van der Waals surface area contributed by atoms with Crippen LogP contribution in [0.5, 0.6) is 0 Å². The fourth-order valence-corrected chi connectivity index (χ4v) is 5.06. The fraction of sp³-hybridized carbons (Fsp3) is 0.556. The fourth-order valence-electron chi connectivity index (χ4n) is 5.06. The second-order valence-electron chi connectivity index (χ2n) is 7.11. The van der Waals surface area contributed by atoms with Gasteiger partial charge in [0.25, 0.3) is 0 Å². The summed E-state index contributed by atoms with van der Waals surface area (Å²) in [6, 6.07) is 8.12. The second-order valence-corrected chi connectivity index (χ2v) is 7.11. The van der Waals surface area contributed by atoms with Crippen LogP contribution in [0.1, 0.15) is 31.7 Å². The minimum atomic E-state index is -0.786. The van der Waals surface area contributed by atoms with Crippen LogP contribution in [-0.4, -0.2) is 23.0 Å². The van der Waals surface area contributed by atoms with Gasteiger partial charge in [-0.05, 0) is 56.1 Å². The van der Waals surface area contributed by atoms with E-state index in [1.807, 2.05) is 23.1 Å². The monoisotopic (exact) mass is 299 g/mol. The highest BCUT2D eigenvalue weighted by molar-refractivity contribution is 6.00. The van der Waals surface area contributed by atoms with Crippen molar-refractivity contribution >= 4 is 17.6 Å². The summed E-state index contributed by atoms with van der Waals surface area (Å²) in [4.78, 5) is 26.7. The number of rotatable bonds is 2. The van der Waals surface area contributed by atoms with Gasteiger partial charge < -0.3 is 10.0 Å². The topological polar surface area (TPSA) is 57.6 Å². The van der Waals surface area contributed by atoms with Crippen LogP contribution in [0.15, 0.2) is 24.3 Å². The SMILES string of the molecule is C[C@H]1Cc2ccccc2N1C(=O)[C@H]1[C@@H]2CC[C@@H](C2)[C@@H]1C(=O)O. The molecule has 5 atom stereocenters. The number of nitrogens with zero attached hydrogens (tertiary/aromatic N) is 1. The molecule has 4 nitrogen and oxygen atoms in total. The van der Waals surface area contributed by atoms with Crippen molar-refractivity contribution in [2.75, 3.05) is 4.90 Å². The Labute approximate surface area is 130 Å². The van der Waals surface area contributed by atoms with Crippen molar-refractivity contribution in [2.24, 2.45) is 23.7 Å². The molecule has 4 heteroatoms. The number of anilines is 1. The molecule has 2 saturated carbocycles. The van der Waals surface area contributed by atoms with E-state index in [-0.39, 0.29) is 29.7 Å². The molecule has 0 saturated heterocycles. The van der Waals surface area contributed by atoms with Gasteiger partial charge in [0, 0.05) is 11.7 Å². The van der Waals surface area contributed by atoms with E-state index < -0.39 is 11.9 Å². The van der Waals surface area contributed by atoms with Crippen molar-refractivity contribution in [3.63, 3.8) is 0 Å². The van der Waals surface area contributed by atoms with Crippen LogP contribution in [0.4, 0.5) is 5.69 Å². The highest BCUT2D eigenvalue weighted by Gasteiger charge is 2.55. The van der Waals surface area contributed by atoms with Gasteiger partial charge in [-0.15, -0.1) is 0 Å². The van der Waals surface area contributed by atoms with Crippen LogP contribution in [-0.2, 0) is 16.0 Å². The molecular weight excluding hydrogens is 278 g/mol. The summed E-state index contributed by atoms with van der Waals surface area (Å²) in [6.45, 7) is 2.06. The Hall–Kier alpha value is -1.84. The lowest BCUT2D eigenvalue weighted by Gasteiger charge is -2.33. The van der Waals surface area contributed by atoms with E-state index in [0.29, 0.717) is 0 Å². The zero-order chi connectivity index (χ0) is 15.4. The highest BCUT2D eigenvalue weighted by Crippen LogP contribution is 2.53. The molecule has 2 aliphatic carbocycles. The van der Waals surface area contributed by atoms with Crippen LogP contribution in [0.2, 0.25) is 0 Å². The first-order chi connectivity index (χ1) is 10.6. The quantitative estimate of drug-likeness (QED) is 0.913. The Balaban J connectivity index is 1.68. The number of para-hydroxylation sites is 1. The molecule has 1 heterocycles. The molecule has 0 radical (unpaired) electrons. The van der Waals surface area contributed by atoms with Gasteiger partial charge in [0.05, 0.1) is 11.8 Å².